The van der Waals surface area contributed by atoms with Crippen molar-refractivity contribution in [1.29, 1.82) is 0 Å². The van der Waals surface area contributed by atoms with E-state index in [0.717, 1.165) is 0 Å². The van der Waals surface area contributed by atoms with Gasteiger partial charge in [0, 0.05) is 6.07 Å². The second kappa shape index (κ2) is 6.51. The Morgan fingerprint density at radius 1 is 1.00 bits per heavy atom. The number of methoxy groups -OCH3 is 3. The minimum Gasteiger partial charge on any atom is -0.493 e. The predicted octanol–water partition coefficient (Wildman–Crippen LogP) is 2.42. The van der Waals surface area contributed by atoms with Crippen molar-refractivity contribution < 1.29 is 28.2 Å². The van der Waals surface area contributed by atoms with Gasteiger partial charge in [-0.2, -0.15) is 0 Å². The van der Waals surface area contributed by atoms with E-state index in [1.54, 1.807) is 19.1 Å². The molecule has 2 heterocycles. The Balaban J connectivity index is 2.21. The fourth-order valence-electron chi connectivity index (χ4n) is 2.94. The van der Waals surface area contributed by atoms with E-state index in [4.69, 9.17) is 23.4 Å². The maximum absolute atomic E-state index is 12.1. The number of rotatable bonds is 4. The highest BCUT2D eigenvalue weighted by Gasteiger charge is 2.34. The van der Waals surface area contributed by atoms with Gasteiger partial charge in [-0.3, -0.25) is 9.59 Å². The van der Waals surface area contributed by atoms with Gasteiger partial charge in [-0.25, -0.2) is 0 Å². The molecule has 0 saturated heterocycles. The Morgan fingerprint density at radius 2 is 1.64 bits per heavy atom. The summed E-state index contributed by atoms with van der Waals surface area (Å²) in [4.78, 5) is 24.1. The van der Waals surface area contributed by atoms with Crippen molar-refractivity contribution >= 4 is 5.97 Å². The van der Waals surface area contributed by atoms with Crippen molar-refractivity contribution in [2.45, 2.75) is 19.3 Å². The van der Waals surface area contributed by atoms with Crippen molar-refractivity contribution in [2.75, 3.05) is 21.3 Å². The number of esters is 1. The molecule has 0 spiro atoms. The monoisotopic (exact) mass is 346 g/mol. The maximum atomic E-state index is 12.1. The van der Waals surface area contributed by atoms with E-state index in [0.29, 0.717) is 34.3 Å². The van der Waals surface area contributed by atoms with Crippen LogP contribution in [-0.2, 0) is 4.79 Å². The van der Waals surface area contributed by atoms with Gasteiger partial charge in [0.05, 0.1) is 33.7 Å². The van der Waals surface area contributed by atoms with Crippen molar-refractivity contribution in [3.63, 3.8) is 0 Å². The minimum atomic E-state index is -0.498. The van der Waals surface area contributed by atoms with Crippen LogP contribution in [0.15, 0.2) is 27.4 Å². The number of benzene rings is 1. The molecule has 0 fully saturated rings. The molecular weight excluding hydrogens is 328 g/mol. The minimum absolute atomic E-state index is 0.0397. The summed E-state index contributed by atoms with van der Waals surface area (Å²) < 4.78 is 26.8. The van der Waals surface area contributed by atoms with Gasteiger partial charge in [0.15, 0.2) is 17.3 Å². The molecule has 1 unspecified atom stereocenters. The molecule has 1 aromatic heterocycles. The lowest BCUT2D eigenvalue weighted by Gasteiger charge is -2.24. The first-order valence-corrected chi connectivity index (χ1v) is 7.63. The molecule has 0 radical (unpaired) electrons. The quantitative estimate of drug-likeness (QED) is 0.786. The summed E-state index contributed by atoms with van der Waals surface area (Å²) in [5.74, 6) is 1.05. The van der Waals surface area contributed by atoms with E-state index in [-0.39, 0.29) is 17.6 Å². The number of hydrogen-bond donors (Lipinski definition) is 0. The number of fused-ring (bicyclic) bond motifs is 1. The zero-order valence-electron chi connectivity index (χ0n) is 14.4. The first-order valence-electron chi connectivity index (χ1n) is 7.63. The van der Waals surface area contributed by atoms with E-state index >= 15 is 0 Å². The van der Waals surface area contributed by atoms with Crippen molar-refractivity contribution in [2.24, 2.45) is 0 Å². The van der Waals surface area contributed by atoms with Gasteiger partial charge >= 0.3 is 5.97 Å². The van der Waals surface area contributed by atoms with E-state index in [2.05, 4.69) is 0 Å². The third-order valence-corrected chi connectivity index (χ3v) is 4.05. The molecule has 25 heavy (non-hydrogen) atoms. The molecule has 0 bridgehead atoms. The predicted molar refractivity (Wildman–Crippen MR) is 87.9 cm³/mol. The van der Waals surface area contributed by atoms with E-state index in [1.165, 1.54) is 27.4 Å². The fraction of sp³-hybridized carbons (Fsp3) is 0.333. The van der Waals surface area contributed by atoms with Crippen molar-refractivity contribution in [3.8, 4) is 23.0 Å². The Bertz CT molecular complexity index is 856. The van der Waals surface area contributed by atoms with Crippen molar-refractivity contribution in [1.82, 2.24) is 0 Å². The van der Waals surface area contributed by atoms with E-state index < -0.39 is 11.9 Å². The van der Waals surface area contributed by atoms with Crippen LogP contribution in [0.5, 0.6) is 23.0 Å². The lowest BCUT2D eigenvalue weighted by molar-refractivity contribution is -0.136. The number of ether oxygens (including phenoxy) is 4. The van der Waals surface area contributed by atoms with Gasteiger partial charge in [0.25, 0.3) is 0 Å². The van der Waals surface area contributed by atoms with Crippen LogP contribution in [-0.4, -0.2) is 27.3 Å². The Labute approximate surface area is 144 Å². The number of carbonyl (C=O) groups is 1. The normalized spacial score (nSPS) is 16.0. The van der Waals surface area contributed by atoms with Gasteiger partial charge in [0.2, 0.25) is 16.9 Å². The zero-order valence-corrected chi connectivity index (χ0v) is 14.4. The highest BCUT2D eigenvalue weighted by molar-refractivity contribution is 5.77. The van der Waals surface area contributed by atoms with E-state index in [1.807, 2.05) is 0 Å². The Kier molecular flexibility index (Phi) is 4.39. The lowest BCUT2D eigenvalue weighted by atomic mass is 9.90. The smallest absolute Gasteiger partial charge is 0.312 e. The average Bonchev–Trinajstić information content (AvgIpc) is 2.60. The van der Waals surface area contributed by atoms with Crippen LogP contribution in [0.1, 0.15) is 29.4 Å². The molecule has 2 aromatic rings. The molecule has 0 saturated carbocycles. The van der Waals surface area contributed by atoms with Crippen LogP contribution in [0.4, 0.5) is 0 Å². The molecule has 0 amide bonds. The molecule has 132 valence electrons. The number of hydrogen-bond acceptors (Lipinski definition) is 7. The number of aryl methyl sites for hydroxylation is 1. The summed E-state index contributed by atoms with van der Waals surface area (Å²) >= 11 is 0. The molecule has 1 aliphatic heterocycles. The summed E-state index contributed by atoms with van der Waals surface area (Å²) in [7, 11) is 4.53. The van der Waals surface area contributed by atoms with Gasteiger partial charge < -0.3 is 23.4 Å². The molecule has 3 rings (SSSR count). The topological polar surface area (TPSA) is 84.2 Å². The molecule has 7 heteroatoms. The Hall–Kier alpha value is -2.96. The fourth-order valence-corrected chi connectivity index (χ4v) is 2.94. The second-order valence-corrected chi connectivity index (χ2v) is 5.60. The molecule has 1 aliphatic rings. The van der Waals surface area contributed by atoms with Crippen LogP contribution in [0.3, 0.4) is 0 Å². The van der Waals surface area contributed by atoms with Crippen LogP contribution in [0.2, 0.25) is 0 Å². The van der Waals surface area contributed by atoms with Gasteiger partial charge in [-0.15, -0.1) is 0 Å². The summed E-state index contributed by atoms with van der Waals surface area (Å²) in [6, 6.07) is 4.76. The van der Waals surface area contributed by atoms with E-state index in [9.17, 15) is 9.59 Å². The summed E-state index contributed by atoms with van der Waals surface area (Å²) in [5.41, 5.74) is 0.311. The SMILES string of the molecule is COc1cc(C2CC(=O)Oc3c2oc(C)cc3=O)cc(OC)c1OC. The average molecular weight is 346 g/mol. The van der Waals surface area contributed by atoms with Gasteiger partial charge in [0.1, 0.15) is 5.76 Å². The third-order valence-electron chi connectivity index (χ3n) is 4.05. The van der Waals surface area contributed by atoms with Crippen LogP contribution >= 0.6 is 0 Å². The first kappa shape index (κ1) is 16.9. The molecular formula is C18H18O7. The highest BCUT2D eigenvalue weighted by atomic mass is 16.5. The molecule has 0 N–H and O–H groups in total. The lowest BCUT2D eigenvalue weighted by Crippen LogP contribution is -2.25. The van der Waals surface area contributed by atoms with Crippen molar-refractivity contribution in [3.05, 3.63) is 45.5 Å². The van der Waals surface area contributed by atoms with Gasteiger partial charge in [-0.05, 0) is 24.6 Å². The first-order chi connectivity index (χ1) is 12.0. The van der Waals surface area contributed by atoms with Gasteiger partial charge in [-0.1, -0.05) is 0 Å². The standard InChI is InChI=1S/C18H18O7/c1-9-5-12(19)17-16(24-9)11(8-15(20)25-17)10-6-13(21-2)18(23-4)14(7-10)22-3/h5-7,11H,8H2,1-4H3. The Morgan fingerprint density at radius 3 is 2.20 bits per heavy atom. The summed E-state index contributed by atoms with van der Waals surface area (Å²) in [6.07, 6.45) is 0.0397. The largest absolute Gasteiger partial charge is 0.493 e. The molecule has 0 aliphatic carbocycles. The molecule has 7 nitrogen and oxygen atoms in total. The second-order valence-electron chi connectivity index (χ2n) is 5.60. The summed E-state index contributed by atoms with van der Waals surface area (Å²) in [6.45, 7) is 1.67. The third kappa shape index (κ3) is 2.93. The summed E-state index contributed by atoms with van der Waals surface area (Å²) in [5, 5.41) is 0. The van der Waals surface area contributed by atoms with Crippen LogP contribution < -0.4 is 24.4 Å². The highest BCUT2D eigenvalue weighted by Crippen LogP contribution is 2.44. The molecule has 1 atom stereocenters. The maximum Gasteiger partial charge on any atom is 0.312 e. The zero-order chi connectivity index (χ0) is 18.1. The number of carbonyl (C=O) groups excluding carboxylic acids is 1. The molecule has 1 aromatic carbocycles. The van der Waals surface area contributed by atoms with Crippen LogP contribution in [0.25, 0.3) is 0 Å². The van der Waals surface area contributed by atoms with Crippen LogP contribution in [0, 0.1) is 6.92 Å².